The van der Waals surface area contributed by atoms with Gasteiger partial charge in [-0.2, -0.15) is 0 Å². The standard InChI is InChI=1S/C12H19N3O/c1-2-15(8-10-4-3-5-10)12-13-6-11(9-16)7-14-12/h6-7,10,16H,2-5,8-9H2,1H3. The van der Waals surface area contributed by atoms with Crippen molar-refractivity contribution >= 4 is 5.95 Å². The molecule has 1 N–H and O–H groups in total. The summed E-state index contributed by atoms with van der Waals surface area (Å²) in [5, 5.41) is 8.92. The second kappa shape index (κ2) is 5.25. The molecule has 1 saturated carbocycles. The Kier molecular flexibility index (Phi) is 3.72. The van der Waals surface area contributed by atoms with Gasteiger partial charge in [-0.25, -0.2) is 9.97 Å². The van der Waals surface area contributed by atoms with Crippen LogP contribution >= 0.6 is 0 Å². The van der Waals surface area contributed by atoms with Gasteiger partial charge in [0.05, 0.1) is 6.61 Å². The summed E-state index contributed by atoms with van der Waals surface area (Å²) in [6.07, 6.45) is 7.44. The molecule has 0 unspecified atom stereocenters. The monoisotopic (exact) mass is 221 g/mol. The van der Waals surface area contributed by atoms with Crippen LogP contribution in [0.1, 0.15) is 31.7 Å². The van der Waals surface area contributed by atoms with E-state index in [1.54, 1.807) is 12.4 Å². The third-order valence-corrected chi connectivity index (χ3v) is 3.24. The van der Waals surface area contributed by atoms with Crippen LogP contribution in [0.5, 0.6) is 0 Å². The predicted octanol–water partition coefficient (Wildman–Crippen LogP) is 1.60. The summed E-state index contributed by atoms with van der Waals surface area (Å²) >= 11 is 0. The van der Waals surface area contributed by atoms with Gasteiger partial charge in [0.1, 0.15) is 0 Å². The molecule has 0 aliphatic heterocycles. The van der Waals surface area contributed by atoms with E-state index in [-0.39, 0.29) is 6.61 Å². The molecule has 1 aliphatic carbocycles. The average Bonchev–Trinajstić information content (AvgIpc) is 2.28. The maximum Gasteiger partial charge on any atom is 0.225 e. The number of hydrogen-bond acceptors (Lipinski definition) is 4. The normalized spacial score (nSPS) is 15.9. The fraction of sp³-hybridized carbons (Fsp3) is 0.667. The molecular formula is C12H19N3O. The highest BCUT2D eigenvalue weighted by Crippen LogP contribution is 2.27. The number of nitrogens with zero attached hydrogens (tertiary/aromatic N) is 3. The van der Waals surface area contributed by atoms with Crippen molar-refractivity contribution < 1.29 is 5.11 Å². The number of hydrogen-bond donors (Lipinski definition) is 1. The zero-order chi connectivity index (χ0) is 11.4. The van der Waals surface area contributed by atoms with E-state index in [4.69, 9.17) is 5.11 Å². The molecule has 0 radical (unpaired) electrons. The van der Waals surface area contributed by atoms with Crippen molar-refractivity contribution in [2.24, 2.45) is 5.92 Å². The van der Waals surface area contributed by atoms with Gasteiger partial charge in [0, 0.05) is 31.0 Å². The number of aliphatic hydroxyl groups excluding tert-OH is 1. The highest BCUT2D eigenvalue weighted by Gasteiger charge is 2.21. The number of aliphatic hydroxyl groups is 1. The highest BCUT2D eigenvalue weighted by molar-refractivity contribution is 5.29. The molecule has 1 aromatic heterocycles. The van der Waals surface area contributed by atoms with Crippen molar-refractivity contribution in [1.29, 1.82) is 0 Å². The van der Waals surface area contributed by atoms with Gasteiger partial charge in [0.25, 0.3) is 0 Å². The zero-order valence-corrected chi connectivity index (χ0v) is 9.76. The van der Waals surface area contributed by atoms with Crippen LogP contribution < -0.4 is 4.90 Å². The molecule has 2 rings (SSSR count). The van der Waals surface area contributed by atoms with Gasteiger partial charge in [0.2, 0.25) is 5.95 Å². The third-order valence-electron chi connectivity index (χ3n) is 3.24. The van der Waals surface area contributed by atoms with Crippen molar-refractivity contribution in [3.05, 3.63) is 18.0 Å². The molecule has 4 heteroatoms. The van der Waals surface area contributed by atoms with E-state index in [1.165, 1.54) is 19.3 Å². The molecule has 0 bridgehead atoms. The maximum atomic E-state index is 8.92. The van der Waals surface area contributed by atoms with E-state index in [9.17, 15) is 0 Å². The second-order valence-corrected chi connectivity index (χ2v) is 4.38. The lowest BCUT2D eigenvalue weighted by molar-refractivity contribution is 0.281. The van der Waals surface area contributed by atoms with Crippen LogP contribution in [0.15, 0.2) is 12.4 Å². The Bertz CT molecular complexity index is 322. The Morgan fingerprint density at radius 2 is 2.06 bits per heavy atom. The van der Waals surface area contributed by atoms with Gasteiger partial charge >= 0.3 is 0 Å². The first-order valence-corrected chi connectivity index (χ1v) is 6.00. The summed E-state index contributed by atoms with van der Waals surface area (Å²) in [5.41, 5.74) is 0.767. The van der Waals surface area contributed by atoms with Crippen LogP contribution in [0.3, 0.4) is 0 Å². The fourth-order valence-electron chi connectivity index (χ4n) is 1.93. The first-order valence-electron chi connectivity index (χ1n) is 6.00. The smallest absolute Gasteiger partial charge is 0.225 e. The number of aromatic nitrogens is 2. The van der Waals surface area contributed by atoms with E-state index < -0.39 is 0 Å². The van der Waals surface area contributed by atoms with Gasteiger partial charge in [0.15, 0.2) is 0 Å². The maximum absolute atomic E-state index is 8.92. The lowest BCUT2D eigenvalue weighted by atomic mass is 9.85. The molecule has 0 aromatic carbocycles. The molecule has 1 fully saturated rings. The first-order chi connectivity index (χ1) is 7.83. The van der Waals surface area contributed by atoms with Crippen LogP contribution in [0.25, 0.3) is 0 Å². The van der Waals surface area contributed by atoms with E-state index >= 15 is 0 Å². The molecular weight excluding hydrogens is 202 g/mol. The topological polar surface area (TPSA) is 49.2 Å². The van der Waals surface area contributed by atoms with Crippen molar-refractivity contribution in [3.63, 3.8) is 0 Å². The van der Waals surface area contributed by atoms with Crippen LogP contribution in [0.4, 0.5) is 5.95 Å². The van der Waals surface area contributed by atoms with E-state index in [0.717, 1.165) is 30.5 Å². The van der Waals surface area contributed by atoms with Crippen LogP contribution in [-0.4, -0.2) is 28.2 Å². The minimum atomic E-state index is 0.00896. The molecule has 88 valence electrons. The molecule has 0 spiro atoms. The van der Waals surface area contributed by atoms with Gasteiger partial charge in [-0.3, -0.25) is 0 Å². The van der Waals surface area contributed by atoms with E-state index in [2.05, 4.69) is 21.8 Å². The quantitative estimate of drug-likeness (QED) is 0.820. The molecule has 4 nitrogen and oxygen atoms in total. The van der Waals surface area contributed by atoms with Crippen LogP contribution in [-0.2, 0) is 6.61 Å². The Morgan fingerprint density at radius 3 is 2.50 bits per heavy atom. The number of anilines is 1. The first kappa shape index (κ1) is 11.3. The zero-order valence-electron chi connectivity index (χ0n) is 9.76. The van der Waals surface area contributed by atoms with Crippen molar-refractivity contribution in [1.82, 2.24) is 9.97 Å². The van der Waals surface area contributed by atoms with E-state index in [1.807, 2.05) is 0 Å². The molecule has 1 aliphatic rings. The fourth-order valence-corrected chi connectivity index (χ4v) is 1.93. The Morgan fingerprint density at radius 1 is 1.38 bits per heavy atom. The van der Waals surface area contributed by atoms with Crippen molar-refractivity contribution in [3.8, 4) is 0 Å². The third kappa shape index (κ3) is 2.50. The molecule has 1 heterocycles. The Balaban J connectivity index is 2.00. The van der Waals surface area contributed by atoms with Crippen molar-refractivity contribution in [2.45, 2.75) is 32.8 Å². The summed E-state index contributed by atoms with van der Waals surface area (Å²) in [5.74, 6) is 1.60. The highest BCUT2D eigenvalue weighted by atomic mass is 16.3. The average molecular weight is 221 g/mol. The Hall–Kier alpha value is -1.16. The summed E-state index contributed by atoms with van der Waals surface area (Å²) in [6.45, 7) is 4.14. The molecule has 0 saturated heterocycles. The predicted molar refractivity (Wildman–Crippen MR) is 63.2 cm³/mol. The van der Waals surface area contributed by atoms with Gasteiger partial charge in [-0.1, -0.05) is 6.42 Å². The molecule has 16 heavy (non-hydrogen) atoms. The molecule has 1 aromatic rings. The van der Waals surface area contributed by atoms with Gasteiger partial charge in [-0.15, -0.1) is 0 Å². The summed E-state index contributed by atoms with van der Waals surface area (Å²) < 4.78 is 0. The summed E-state index contributed by atoms with van der Waals surface area (Å²) in [7, 11) is 0. The van der Waals surface area contributed by atoms with Gasteiger partial charge < -0.3 is 10.0 Å². The molecule has 0 amide bonds. The van der Waals surface area contributed by atoms with E-state index in [0.29, 0.717) is 0 Å². The minimum absolute atomic E-state index is 0.00896. The lowest BCUT2D eigenvalue weighted by Crippen LogP contribution is -2.33. The van der Waals surface area contributed by atoms with Crippen LogP contribution in [0, 0.1) is 5.92 Å². The molecule has 0 atom stereocenters. The van der Waals surface area contributed by atoms with Gasteiger partial charge in [-0.05, 0) is 25.7 Å². The lowest BCUT2D eigenvalue weighted by Gasteiger charge is -2.31. The number of rotatable bonds is 5. The second-order valence-electron chi connectivity index (χ2n) is 4.38. The summed E-state index contributed by atoms with van der Waals surface area (Å²) in [4.78, 5) is 10.8. The SMILES string of the molecule is CCN(CC1CCC1)c1ncc(CO)cn1. The Labute approximate surface area is 96.3 Å². The summed E-state index contributed by atoms with van der Waals surface area (Å²) in [6, 6.07) is 0. The minimum Gasteiger partial charge on any atom is -0.392 e. The van der Waals surface area contributed by atoms with Crippen molar-refractivity contribution in [2.75, 3.05) is 18.0 Å². The van der Waals surface area contributed by atoms with Crippen LogP contribution in [0.2, 0.25) is 0 Å². The largest absolute Gasteiger partial charge is 0.392 e.